The fourth-order valence-electron chi connectivity index (χ4n) is 6.41. The molecule has 178 valence electrons. The molecule has 1 saturated carbocycles. The van der Waals surface area contributed by atoms with E-state index in [-0.39, 0.29) is 48.3 Å². The van der Waals surface area contributed by atoms with Gasteiger partial charge in [-0.2, -0.15) is 0 Å². The summed E-state index contributed by atoms with van der Waals surface area (Å²) in [6.07, 6.45) is 6.53. The van der Waals surface area contributed by atoms with Crippen LogP contribution in [0.4, 0.5) is 4.39 Å². The summed E-state index contributed by atoms with van der Waals surface area (Å²) in [5.41, 5.74) is 0.583. The fraction of sp³-hybridized carbons (Fsp3) is 0.538. The van der Waals surface area contributed by atoms with E-state index in [1.807, 2.05) is 20.2 Å². The second-order valence-electron chi connectivity index (χ2n) is 9.45. The second-order valence-corrected chi connectivity index (χ2v) is 9.45. The second kappa shape index (κ2) is 10.8. The van der Waals surface area contributed by atoms with Gasteiger partial charge >= 0.3 is 0 Å². The summed E-state index contributed by atoms with van der Waals surface area (Å²) >= 11 is 0. The number of nitrogens with zero attached hydrogens (tertiary/aromatic N) is 2. The average Bonchev–Trinajstić information content (AvgIpc) is 2.75. The smallest absolute Gasteiger partial charge is 0.129 e. The molecule has 1 N–H and O–H groups in total. The van der Waals surface area contributed by atoms with Gasteiger partial charge in [0.15, 0.2) is 0 Å². The highest BCUT2D eigenvalue weighted by Crippen LogP contribution is 2.49. The number of hydrogen-bond donors (Lipinski definition) is 1. The van der Waals surface area contributed by atoms with Crippen LogP contribution in [0, 0.1) is 5.82 Å². The largest absolute Gasteiger partial charge is 0.383 e. The van der Waals surface area contributed by atoms with E-state index in [1.54, 1.807) is 12.1 Å². The minimum atomic E-state index is -1.21. The van der Waals surface area contributed by atoms with Gasteiger partial charge in [0.05, 0.1) is 6.04 Å². The molecule has 0 aromatic heterocycles. The molecular weight excluding hydrogens is 446 g/mol. The minimum Gasteiger partial charge on any atom is -0.383 e. The number of halogens is 3. The van der Waals surface area contributed by atoms with Crippen molar-refractivity contribution < 1.29 is 9.50 Å². The van der Waals surface area contributed by atoms with Crippen LogP contribution in [0.3, 0.4) is 0 Å². The minimum absolute atomic E-state index is 0. The lowest BCUT2D eigenvalue weighted by atomic mass is 9.69. The predicted molar refractivity (Wildman–Crippen MR) is 134 cm³/mol. The number of aliphatic hydroxyl groups is 1. The third-order valence-electron chi connectivity index (χ3n) is 7.61. The molecule has 32 heavy (non-hydrogen) atoms. The van der Waals surface area contributed by atoms with Crippen molar-refractivity contribution in [1.82, 2.24) is 9.80 Å². The first-order valence-corrected chi connectivity index (χ1v) is 11.4. The summed E-state index contributed by atoms with van der Waals surface area (Å²) in [4.78, 5) is 4.71. The van der Waals surface area contributed by atoms with Gasteiger partial charge in [-0.1, -0.05) is 67.8 Å². The monoisotopic (exact) mass is 482 g/mol. The van der Waals surface area contributed by atoms with Crippen molar-refractivity contribution in [2.75, 3.05) is 20.6 Å². The quantitative estimate of drug-likeness (QED) is 0.601. The summed E-state index contributed by atoms with van der Waals surface area (Å²) in [6.45, 7) is 2.97. The van der Waals surface area contributed by atoms with E-state index in [1.165, 1.54) is 30.9 Å². The third-order valence-corrected chi connectivity index (χ3v) is 7.61. The van der Waals surface area contributed by atoms with Gasteiger partial charge in [-0.05, 0) is 51.9 Å². The van der Waals surface area contributed by atoms with Gasteiger partial charge in [0, 0.05) is 23.7 Å². The van der Waals surface area contributed by atoms with Crippen molar-refractivity contribution in [3.63, 3.8) is 0 Å². The van der Waals surface area contributed by atoms with E-state index in [0.717, 1.165) is 19.4 Å². The van der Waals surface area contributed by atoms with E-state index in [0.29, 0.717) is 12.0 Å². The van der Waals surface area contributed by atoms with Crippen LogP contribution in [-0.2, 0) is 11.1 Å². The van der Waals surface area contributed by atoms with Crippen LogP contribution in [0.25, 0.3) is 0 Å². The van der Waals surface area contributed by atoms with E-state index in [4.69, 9.17) is 0 Å². The Kier molecular flexibility index (Phi) is 9.17. The van der Waals surface area contributed by atoms with Crippen molar-refractivity contribution in [2.24, 2.45) is 0 Å². The molecule has 1 aliphatic carbocycles. The maximum absolute atomic E-state index is 14.8. The highest BCUT2D eigenvalue weighted by atomic mass is 35.5. The van der Waals surface area contributed by atoms with Gasteiger partial charge in [-0.25, -0.2) is 4.39 Å². The van der Waals surface area contributed by atoms with Crippen LogP contribution >= 0.6 is 24.8 Å². The Morgan fingerprint density at radius 3 is 2.09 bits per heavy atom. The Bertz CT molecular complexity index is 860. The number of likely N-dealkylation sites (tertiary alicyclic amines) is 1. The Labute approximate surface area is 204 Å². The summed E-state index contributed by atoms with van der Waals surface area (Å²) in [7, 11) is 4.01. The molecule has 1 saturated heterocycles. The SMILES string of the molecule is CC1C(N(C)C)C(O)(c2ccccc2F)CCN1C1(c2ccccc2)CCCCC1.Cl.Cl. The molecular formula is C26H37Cl2FN2O. The van der Waals surface area contributed by atoms with Gasteiger partial charge in [-0.15, -0.1) is 24.8 Å². The number of piperidine rings is 1. The predicted octanol–water partition coefficient (Wildman–Crippen LogP) is 5.74. The van der Waals surface area contributed by atoms with Crippen LogP contribution in [0.2, 0.25) is 0 Å². The number of rotatable bonds is 4. The van der Waals surface area contributed by atoms with Crippen molar-refractivity contribution >= 4 is 24.8 Å². The normalized spacial score (nSPS) is 27.9. The lowest BCUT2D eigenvalue weighted by molar-refractivity contribution is -0.145. The number of hydrogen-bond acceptors (Lipinski definition) is 3. The number of benzene rings is 2. The topological polar surface area (TPSA) is 26.7 Å². The molecule has 0 bridgehead atoms. The van der Waals surface area contributed by atoms with Crippen molar-refractivity contribution in [2.45, 2.75) is 68.7 Å². The van der Waals surface area contributed by atoms with Crippen LogP contribution in [0.1, 0.15) is 56.6 Å². The maximum atomic E-state index is 14.8. The highest BCUT2D eigenvalue weighted by molar-refractivity contribution is 5.85. The summed E-state index contributed by atoms with van der Waals surface area (Å²) in [5.74, 6) is -0.317. The van der Waals surface area contributed by atoms with Gasteiger partial charge in [-0.3, -0.25) is 4.90 Å². The molecule has 4 rings (SSSR count). The zero-order chi connectivity index (χ0) is 21.4. The van der Waals surface area contributed by atoms with Crippen molar-refractivity contribution in [1.29, 1.82) is 0 Å². The van der Waals surface area contributed by atoms with Gasteiger partial charge in [0.25, 0.3) is 0 Å². The Morgan fingerprint density at radius 2 is 1.50 bits per heavy atom. The summed E-state index contributed by atoms with van der Waals surface area (Å²) < 4.78 is 14.8. The molecule has 2 fully saturated rings. The van der Waals surface area contributed by atoms with E-state index in [2.05, 4.69) is 47.1 Å². The van der Waals surface area contributed by atoms with Crippen molar-refractivity contribution in [3.05, 3.63) is 71.5 Å². The van der Waals surface area contributed by atoms with Gasteiger partial charge in [0.2, 0.25) is 0 Å². The van der Waals surface area contributed by atoms with Crippen LogP contribution in [0.5, 0.6) is 0 Å². The summed E-state index contributed by atoms with van der Waals surface area (Å²) in [5, 5.41) is 11.9. The van der Waals surface area contributed by atoms with Crippen LogP contribution in [-0.4, -0.2) is 47.6 Å². The molecule has 1 aliphatic heterocycles. The fourth-order valence-corrected chi connectivity index (χ4v) is 6.41. The lowest BCUT2D eigenvalue weighted by Crippen LogP contribution is -2.68. The number of likely N-dealkylation sites (N-methyl/N-ethyl adjacent to an activating group) is 1. The first-order valence-electron chi connectivity index (χ1n) is 11.4. The van der Waals surface area contributed by atoms with E-state index in [9.17, 15) is 9.50 Å². The molecule has 1 heterocycles. The van der Waals surface area contributed by atoms with Crippen LogP contribution in [0.15, 0.2) is 54.6 Å². The van der Waals surface area contributed by atoms with E-state index >= 15 is 0 Å². The Hall–Kier alpha value is -1.17. The zero-order valence-electron chi connectivity index (χ0n) is 19.3. The lowest BCUT2D eigenvalue weighted by Gasteiger charge is -2.58. The molecule has 6 heteroatoms. The van der Waals surface area contributed by atoms with Crippen LogP contribution < -0.4 is 0 Å². The molecule has 3 nitrogen and oxygen atoms in total. The van der Waals surface area contributed by atoms with E-state index < -0.39 is 5.60 Å². The van der Waals surface area contributed by atoms with Crippen molar-refractivity contribution in [3.8, 4) is 0 Å². The summed E-state index contributed by atoms with van der Waals surface area (Å²) in [6, 6.07) is 17.5. The molecule has 0 radical (unpaired) electrons. The van der Waals surface area contributed by atoms with Gasteiger partial charge < -0.3 is 10.0 Å². The Morgan fingerprint density at radius 1 is 0.906 bits per heavy atom. The highest BCUT2D eigenvalue weighted by Gasteiger charge is 2.54. The zero-order valence-corrected chi connectivity index (χ0v) is 21.0. The standard InChI is InChI=1S/C26H35FN2O.2ClH/c1-20-24(28(2)3)26(30,22-14-8-9-15-23(22)27)18-19-29(20)25(16-10-5-11-17-25)21-12-6-4-7-13-21;;/h4,6-9,12-15,20,24,30H,5,10-11,16-19H2,1-3H3;2*1H. The molecule has 2 aliphatic rings. The Balaban J connectivity index is 0.00000181. The molecule has 2 aromatic rings. The molecule has 0 spiro atoms. The first-order chi connectivity index (χ1) is 14.4. The molecule has 2 aromatic carbocycles. The average molecular weight is 483 g/mol. The maximum Gasteiger partial charge on any atom is 0.129 e. The van der Waals surface area contributed by atoms with Gasteiger partial charge in [0.1, 0.15) is 11.4 Å². The molecule has 0 amide bonds. The third kappa shape index (κ3) is 4.58. The molecule has 3 atom stereocenters. The molecule has 3 unspecified atom stereocenters. The first kappa shape index (κ1) is 27.1.